The lowest BCUT2D eigenvalue weighted by molar-refractivity contribution is -0.223. The van der Waals surface area contributed by atoms with Gasteiger partial charge in [-0.05, 0) is 12.8 Å². The van der Waals surface area contributed by atoms with Crippen LogP contribution < -0.4 is 5.73 Å². The molecule has 1 aliphatic carbocycles. The summed E-state index contributed by atoms with van der Waals surface area (Å²) in [6.45, 7) is 2.49. The van der Waals surface area contributed by atoms with Crippen molar-refractivity contribution >= 4 is 0 Å². The van der Waals surface area contributed by atoms with Crippen LogP contribution in [0.15, 0.2) is 11.5 Å². The third-order valence-corrected chi connectivity index (χ3v) is 5.28. The summed E-state index contributed by atoms with van der Waals surface area (Å²) in [5, 5.41) is 29.0. The van der Waals surface area contributed by atoms with Crippen molar-refractivity contribution in [2.75, 3.05) is 26.3 Å². The number of nitriles is 3. The molecular formula is C16H19N5O2. The number of hydrogen-bond donors (Lipinski definition) is 1. The molecule has 2 N–H and O–H groups in total. The van der Waals surface area contributed by atoms with Crippen molar-refractivity contribution in [2.45, 2.75) is 31.4 Å². The summed E-state index contributed by atoms with van der Waals surface area (Å²) >= 11 is 0. The van der Waals surface area contributed by atoms with E-state index in [1.54, 1.807) is 0 Å². The monoisotopic (exact) mass is 313 g/mol. The van der Waals surface area contributed by atoms with E-state index in [1.807, 2.05) is 6.07 Å². The number of rotatable bonds is 1. The maximum absolute atomic E-state index is 9.80. The molecule has 0 bridgehead atoms. The molecule has 1 saturated heterocycles. The summed E-state index contributed by atoms with van der Waals surface area (Å²) in [7, 11) is 0. The van der Waals surface area contributed by atoms with Gasteiger partial charge in [-0.2, -0.15) is 15.8 Å². The molecule has 120 valence electrons. The molecule has 7 heteroatoms. The van der Waals surface area contributed by atoms with Gasteiger partial charge >= 0.3 is 0 Å². The highest BCUT2D eigenvalue weighted by Gasteiger charge is 2.63. The van der Waals surface area contributed by atoms with E-state index in [-0.39, 0.29) is 11.5 Å². The zero-order chi connectivity index (χ0) is 16.5. The first-order valence-electron chi connectivity index (χ1n) is 7.89. The molecule has 2 atom stereocenters. The van der Waals surface area contributed by atoms with Crippen molar-refractivity contribution in [3.8, 4) is 18.2 Å². The molecule has 2 fully saturated rings. The molecule has 0 aromatic heterocycles. The number of nitrogens with zero attached hydrogens (tertiary/aromatic N) is 4. The van der Waals surface area contributed by atoms with Crippen LogP contribution in [0.1, 0.15) is 25.7 Å². The van der Waals surface area contributed by atoms with Gasteiger partial charge < -0.3 is 15.2 Å². The maximum atomic E-state index is 9.80. The Bertz CT molecular complexity index is 633. The van der Waals surface area contributed by atoms with Gasteiger partial charge in [0, 0.05) is 19.5 Å². The minimum absolute atomic E-state index is 0.0433. The number of hydrogen-bond acceptors (Lipinski definition) is 7. The van der Waals surface area contributed by atoms with Gasteiger partial charge in [0.05, 0.1) is 31.3 Å². The van der Waals surface area contributed by atoms with E-state index < -0.39 is 17.1 Å². The van der Waals surface area contributed by atoms with Crippen LogP contribution in [0.25, 0.3) is 0 Å². The molecule has 1 saturated carbocycles. The topological polar surface area (TPSA) is 119 Å². The van der Waals surface area contributed by atoms with Gasteiger partial charge in [-0.15, -0.1) is 0 Å². The average Bonchev–Trinajstić information content (AvgIpc) is 2.61. The van der Waals surface area contributed by atoms with Crippen molar-refractivity contribution in [2.24, 2.45) is 17.1 Å². The Morgan fingerprint density at radius 3 is 2.43 bits per heavy atom. The van der Waals surface area contributed by atoms with Crippen molar-refractivity contribution in [3.63, 3.8) is 0 Å². The molecule has 0 spiro atoms. The second kappa shape index (κ2) is 5.74. The van der Waals surface area contributed by atoms with E-state index in [2.05, 4.69) is 17.0 Å². The molecule has 2 aliphatic heterocycles. The van der Waals surface area contributed by atoms with Crippen LogP contribution in [0.3, 0.4) is 0 Å². The number of allylic oxidation sites excluding steroid dienone is 1. The van der Waals surface area contributed by atoms with Crippen LogP contribution in [-0.2, 0) is 9.47 Å². The molecule has 23 heavy (non-hydrogen) atoms. The molecule has 3 rings (SSSR count). The Kier molecular flexibility index (Phi) is 3.90. The van der Waals surface area contributed by atoms with E-state index in [4.69, 9.17) is 15.2 Å². The third-order valence-electron chi connectivity index (χ3n) is 5.28. The fourth-order valence-electron chi connectivity index (χ4n) is 4.23. The van der Waals surface area contributed by atoms with Gasteiger partial charge in [0.1, 0.15) is 11.6 Å². The predicted molar refractivity (Wildman–Crippen MR) is 78.7 cm³/mol. The Hall–Kier alpha value is -2.27. The van der Waals surface area contributed by atoms with E-state index >= 15 is 0 Å². The Labute approximate surface area is 135 Å². The zero-order valence-electron chi connectivity index (χ0n) is 12.9. The number of fused-ring (bicyclic) bond motifs is 1. The highest BCUT2D eigenvalue weighted by Crippen LogP contribution is 2.55. The summed E-state index contributed by atoms with van der Waals surface area (Å²) in [6.07, 6.45) is 3.21. The molecule has 2 heterocycles. The van der Waals surface area contributed by atoms with Crippen LogP contribution in [0.5, 0.6) is 0 Å². The van der Waals surface area contributed by atoms with Crippen LogP contribution >= 0.6 is 0 Å². The predicted octanol–water partition coefficient (Wildman–Crippen LogP) is 0.963. The van der Waals surface area contributed by atoms with Crippen LogP contribution in [-0.4, -0.2) is 36.9 Å². The molecule has 0 radical (unpaired) electrons. The lowest BCUT2D eigenvalue weighted by Gasteiger charge is -2.56. The van der Waals surface area contributed by atoms with Gasteiger partial charge in [-0.1, -0.05) is 6.42 Å². The van der Waals surface area contributed by atoms with E-state index in [9.17, 15) is 15.8 Å². The largest absolute Gasteiger partial charge is 0.456 e. The molecule has 7 nitrogen and oxygen atoms in total. The quantitative estimate of drug-likeness (QED) is 0.765. The smallest absolute Gasteiger partial charge is 0.203 e. The summed E-state index contributed by atoms with van der Waals surface area (Å²) < 4.78 is 11.5. The van der Waals surface area contributed by atoms with Crippen molar-refractivity contribution < 1.29 is 9.47 Å². The lowest BCUT2D eigenvalue weighted by atomic mass is 9.61. The summed E-state index contributed by atoms with van der Waals surface area (Å²) in [5.41, 5.74) is 3.61. The maximum Gasteiger partial charge on any atom is 0.203 e. The van der Waals surface area contributed by atoms with Crippen molar-refractivity contribution in [3.05, 3.63) is 11.5 Å². The van der Waals surface area contributed by atoms with Gasteiger partial charge in [-0.25, -0.2) is 0 Å². The molecule has 0 amide bonds. The molecule has 0 aromatic rings. The summed E-state index contributed by atoms with van der Waals surface area (Å²) in [4.78, 5) is 2.14. The SMILES string of the molecule is N#CC1=C(N)OC2(N3CCOCC3)CCCCC2C1(C#N)C#N. The second-order valence-corrected chi connectivity index (χ2v) is 6.23. The first-order chi connectivity index (χ1) is 11.1. The van der Waals surface area contributed by atoms with Gasteiger partial charge in [0.15, 0.2) is 11.1 Å². The number of morpholine rings is 1. The normalized spacial score (nSPS) is 33.5. The molecule has 3 aliphatic rings. The fourth-order valence-corrected chi connectivity index (χ4v) is 4.23. The van der Waals surface area contributed by atoms with Crippen LogP contribution in [0.4, 0.5) is 0 Å². The fraction of sp³-hybridized carbons (Fsp3) is 0.688. The first kappa shape index (κ1) is 15.6. The Morgan fingerprint density at radius 1 is 1.13 bits per heavy atom. The number of ether oxygens (including phenoxy) is 2. The standard InChI is InChI=1S/C16H19N5O2/c17-9-12-14(20)23-16(21-5-7-22-8-6-21)4-2-1-3-13(16)15(12,10-18)11-19/h13H,1-8,20H2. The van der Waals surface area contributed by atoms with Gasteiger partial charge in [-0.3, -0.25) is 4.90 Å². The van der Waals surface area contributed by atoms with E-state index in [0.717, 1.165) is 12.8 Å². The summed E-state index contributed by atoms with van der Waals surface area (Å²) in [6, 6.07) is 6.15. The van der Waals surface area contributed by atoms with Crippen LogP contribution in [0, 0.1) is 45.3 Å². The van der Waals surface area contributed by atoms with Crippen LogP contribution in [0.2, 0.25) is 0 Å². The van der Waals surface area contributed by atoms with Crippen molar-refractivity contribution in [1.29, 1.82) is 15.8 Å². The third kappa shape index (κ3) is 2.07. The van der Waals surface area contributed by atoms with E-state index in [1.165, 1.54) is 0 Å². The van der Waals surface area contributed by atoms with E-state index in [0.29, 0.717) is 39.1 Å². The minimum atomic E-state index is -1.55. The highest BCUT2D eigenvalue weighted by atomic mass is 16.5. The summed E-state index contributed by atoms with van der Waals surface area (Å²) in [5.74, 6) is -0.473. The Balaban J connectivity index is 2.16. The van der Waals surface area contributed by atoms with Gasteiger partial charge in [0.25, 0.3) is 0 Å². The molecule has 0 aromatic carbocycles. The van der Waals surface area contributed by atoms with Crippen molar-refractivity contribution in [1.82, 2.24) is 4.90 Å². The molecular weight excluding hydrogens is 294 g/mol. The highest BCUT2D eigenvalue weighted by molar-refractivity contribution is 5.47. The average molecular weight is 313 g/mol. The number of nitrogens with two attached hydrogens (primary N) is 1. The lowest BCUT2D eigenvalue weighted by Crippen LogP contribution is -2.66. The zero-order valence-corrected chi connectivity index (χ0v) is 12.9. The van der Waals surface area contributed by atoms with Gasteiger partial charge in [0.2, 0.25) is 5.88 Å². The minimum Gasteiger partial charge on any atom is -0.456 e. The molecule has 2 unspecified atom stereocenters. The first-order valence-corrected chi connectivity index (χ1v) is 7.89. The Morgan fingerprint density at radius 2 is 1.83 bits per heavy atom. The second-order valence-electron chi connectivity index (χ2n) is 6.23.